The summed E-state index contributed by atoms with van der Waals surface area (Å²) in [5.74, 6) is 0.888. The molecule has 1 amide bonds. The van der Waals surface area contributed by atoms with Crippen LogP contribution in [0, 0.1) is 0 Å². The molecule has 0 aliphatic rings. The minimum Gasteiger partial charge on any atom is -0.493 e. The van der Waals surface area contributed by atoms with Crippen LogP contribution in [0.4, 0.5) is 5.69 Å². The zero-order chi connectivity index (χ0) is 23.8. The van der Waals surface area contributed by atoms with Gasteiger partial charge in [-0.25, -0.2) is 5.43 Å². The van der Waals surface area contributed by atoms with Crippen molar-refractivity contribution in [2.24, 2.45) is 5.10 Å². The second-order valence-electron chi connectivity index (χ2n) is 7.46. The van der Waals surface area contributed by atoms with Crippen molar-refractivity contribution in [3.05, 3.63) is 101 Å². The number of nitrogens with zero attached hydrogens (tertiary/aromatic N) is 1. The van der Waals surface area contributed by atoms with E-state index in [9.17, 15) is 4.79 Å². The molecule has 2 N–H and O–H groups in total. The Hall–Kier alpha value is -4.03. The molecular weight excluding hydrogens is 450 g/mol. The number of fused-ring (bicyclic) bond motifs is 1. The molecule has 0 unspecified atom stereocenters. The van der Waals surface area contributed by atoms with E-state index < -0.39 is 0 Å². The van der Waals surface area contributed by atoms with Crippen molar-refractivity contribution in [3.63, 3.8) is 0 Å². The average molecular weight is 474 g/mol. The number of hydrazone groups is 1. The molecule has 0 saturated heterocycles. The minimum atomic E-state index is -0.254. The summed E-state index contributed by atoms with van der Waals surface area (Å²) in [6.45, 7) is 0.423. The number of methoxy groups -OCH3 is 1. The number of hydrogen-bond acceptors (Lipinski definition) is 5. The summed E-state index contributed by atoms with van der Waals surface area (Å²) in [5, 5.41) is 10.0. The van der Waals surface area contributed by atoms with Crippen LogP contribution in [0.2, 0.25) is 5.02 Å². The number of carbonyl (C=O) groups is 1. The quantitative estimate of drug-likeness (QED) is 0.243. The van der Waals surface area contributed by atoms with E-state index in [1.54, 1.807) is 25.5 Å². The largest absolute Gasteiger partial charge is 0.493 e. The fourth-order valence-corrected chi connectivity index (χ4v) is 3.62. The normalized spacial score (nSPS) is 10.9. The summed E-state index contributed by atoms with van der Waals surface area (Å²) >= 11 is 6.19. The summed E-state index contributed by atoms with van der Waals surface area (Å²) in [6.07, 6.45) is 1.55. The van der Waals surface area contributed by atoms with Crippen LogP contribution < -0.4 is 20.2 Å². The zero-order valence-corrected chi connectivity index (χ0v) is 19.4. The number of rotatable bonds is 9. The molecule has 0 atom stereocenters. The van der Waals surface area contributed by atoms with Gasteiger partial charge >= 0.3 is 0 Å². The van der Waals surface area contributed by atoms with E-state index >= 15 is 0 Å². The van der Waals surface area contributed by atoms with Crippen LogP contribution in [0.1, 0.15) is 11.1 Å². The molecule has 6 nitrogen and oxygen atoms in total. The van der Waals surface area contributed by atoms with E-state index in [4.69, 9.17) is 21.1 Å². The lowest BCUT2D eigenvalue weighted by Gasteiger charge is -2.12. The lowest BCUT2D eigenvalue weighted by molar-refractivity contribution is -0.119. The Morgan fingerprint density at radius 1 is 0.971 bits per heavy atom. The van der Waals surface area contributed by atoms with Gasteiger partial charge in [0.15, 0.2) is 11.5 Å². The number of hydrogen-bond donors (Lipinski definition) is 2. The second kappa shape index (κ2) is 11.2. The number of ether oxygens (including phenoxy) is 2. The Labute approximate surface area is 203 Å². The highest BCUT2D eigenvalue weighted by Gasteiger charge is 2.08. The van der Waals surface area contributed by atoms with Crippen molar-refractivity contribution >= 4 is 40.2 Å². The summed E-state index contributed by atoms with van der Waals surface area (Å²) < 4.78 is 11.3. The van der Waals surface area contributed by atoms with E-state index in [0.29, 0.717) is 23.1 Å². The number of nitrogens with one attached hydrogen (secondary N) is 2. The smallest absolute Gasteiger partial charge is 0.259 e. The molecule has 7 heteroatoms. The number of amides is 1. The molecule has 0 saturated carbocycles. The summed E-state index contributed by atoms with van der Waals surface area (Å²) in [5.41, 5.74) is 5.07. The van der Waals surface area contributed by atoms with Crippen LogP contribution >= 0.6 is 11.6 Å². The Kier molecular flexibility index (Phi) is 7.63. The standard InChI is InChI=1S/C27H24ClN3O3/c1-33-26-15-19(13-14-25(26)34-18-21-8-3-5-11-23(21)28)16-30-31-27(32)17-29-24-12-6-9-20-7-2-4-10-22(20)24/h2-16,29H,17-18H2,1H3,(H,31,32)/b30-16-. The first-order valence-corrected chi connectivity index (χ1v) is 11.1. The van der Waals surface area contributed by atoms with Gasteiger partial charge in [-0.2, -0.15) is 5.10 Å². The Bertz CT molecular complexity index is 1320. The van der Waals surface area contributed by atoms with Gasteiger partial charge in [-0.15, -0.1) is 0 Å². The van der Waals surface area contributed by atoms with Gasteiger partial charge in [-0.3, -0.25) is 4.79 Å². The van der Waals surface area contributed by atoms with Gasteiger partial charge in [0.05, 0.1) is 19.9 Å². The number of carbonyl (C=O) groups excluding carboxylic acids is 1. The maximum absolute atomic E-state index is 12.2. The summed E-state index contributed by atoms with van der Waals surface area (Å²) in [7, 11) is 1.57. The number of benzene rings is 4. The molecule has 0 spiro atoms. The zero-order valence-electron chi connectivity index (χ0n) is 18.6. The molecule has 172 valence electrons. The molecule has 0 radical (unpaired) electrons. The molecule has 0 aliphatic heterocycles. The van der Waals surface area contributed by atoms with Gasteiger partial charge in [-0.05, 0) is 41.3 Å². The van der Waals surface area contributed by atoms with Gasteiger partial charge in [0.1, 0.15) is 6.61 Å². The van der Waals surface area contributed by atoms with E-state index in [0.717, 1.165) is 27.6 Å². The highest BCUT2D eigenvalue weighted by Crippen LogP contribution is 2.29. The first kappa shape index (κ1) is 23.1. The van der Waals surface area contributed by atoms with Gasteiger partial charge < -0.3 is 14.8 Å². The van der Waals surface area contributed by atoms with Crippen molar-refractivity contribution < 1.29 is 14.3 Å². The van der Waals surface area contributed by atoms with E-state index in [2.05, 4.69) is 15.8 Å². The summed E-state index contributed by atoms with van der Waals surface area (Å²) in [6, 6.07) is 26.9. The summed E-state index contributed by atoms with van der Waals surface area (Å²) in [4.78, 5) is 12.2. The predicted octanol–water partition coefficient (Wildman–Crippen LogP) is 5.64. The topological polar surface area (TPSA) is 72.0 Å². The van der Waals surface area contributed by atoms with Gasteiger partial charge in [-0.1, -0.05) is 66.2 Å². The molecule has 4 aromatic rings. The molecular formula is C27H24ClN3O3. The average Bonchev–Trinajstić information content (AvgIpc) is 2.87. The monoisotopic (exact) mass is 473 g/mol. The van der Waals surface area contributed by atoms with E-state index in [1.807, 2.05) is 72.8 Å². The van der Waals surface area contributed by atoms with Crippen LogP contribution in [0.5, 0.6) is 11.5 Å². The van der Waals surface area contributed by atoms with Crippen LogP contribution in [-0.2, 0) is 11.4 Å². The predicted molar refractivity (Wildman–Crippen MR) is 137 cm³/mol. The number of halogens is 1. The third-order valence-electron chi connectivity index (χ3n) is 5.16. The van der Waals surface area contributed by atoms with Crippen molar-refractivity contribution in [2.75, 3.05) is 19.0 Å². The van der Waals surface area contributed by atoms with Crippen LogP contribution in [0.25, 0.3) is 10.8 Å². The third kappa shape index (κ3) is 5.85. The first-order valence-electron chi connectivity index (χ1n) is 10.7. The molecule has 4 aromatic carbocycles. The van der Waals surface area contributed by atoms with Crippen molar-refractivity contribution in [2.45, 2.75) is 6.61 Å². The van der Waals surface area contributed by atoms with Crippen LogP contribution in [0.15, 0.2) is 90.0 Å². The molecule has 0 heterocycles. The first-order chi connectivity index (χ1) is 16.6. The number of anilines is 1. The van der Waals surface area contributed by atoms with Gasteiger partial charge in [0, 0.05) is 21.7 Å². The fourth-order valence-electron chi connectivity index (χ4n) is 3.43. The lowest BCUT2D eigenvalue weighted by Crippen LogP contribution is -2.25. The highest BCUT2D eigenvalue weighted by molar-refractivity contribution is 6.31. The maximum atomic E-state index is 12.2. The molecule has 0 bridgehead atoms. The second-order valence-corrected chi connectivity index (χ2v) is 7.87. The minimum absolute atomic E-state index is 0.101. The van der Waals surface area contributed by atoms with Gasteiger partial charge in [0.2, 0.25) is 0 Å². The molecule has 0 fully saturated rings. The maximum Gasteiger partial charge on any atom is 0.259 e. The third-order valence-corrected chi connectivity index (χ3v) is 5.53. The fraction of sp³-hybridized carbons (Fsp3) is 0.111. The van der Waals surface area contributed by atoms with Crippen LogP contribution in [-0.4, -0.2) is 25.8 Å². The molecule has 34 heavy (non-hydrogen) atoms. The molecule has 0 aromatic heterocycles. The lowest BCUT2D eigenvalue weighted by atomic mass is 10.1. The van der Waals surface area contributed by atoms with E-state index in [-0.39, 0.29) is 12.5 Å². The Morgan fingerprint density at radius 2 is 1.76 bits per heavy atom. The van der Waals surface area contributed by atoms with E-state index in [1.165, 1.54) is 0 Å². The Morgan fingerprint density at radius 3 is 2.62 bits per heavy atom. The highest BCUT2D eigenvalue weighted by atomic mass is 35.5. The SMILES string of the molecule is COc1cc(/C=N\NC(=O)CNc2cccc3ccccc23)ccc1OCc1ccccc1Cl. The van der Waals surface area contributed by atoms with Crippen molar-refractivity contribution in [3.8, 4) is 11.5 Å². The van der Waals surface area contributed by atoms with Crippen LogP contribution in [0.3, 0.4) is 0 Å². The van der Waals surface area contributed by atoms with Crippen molar-refractivity contribution in [1.29, 1.82) is 0 Å². The molecule has 0 aliphatic carbocycles. The van der Waals surface area contributed by atoms with Gasteiger partial charge in [0.25, 0.3) is 5.91 Å². The molecule has 4 rings (SSSR count). The van der Waals surface area contributed by atoms with Crippen molar-refractivity contribution in [1.82, 2.24) is 5.43 Å². The Balaban J connectivity index is 1.32.